The third-order valence-electron chi connectivity index (χ3n) is 7.98. The number of carbonyl (C=O) groups is 2. The Bertz CT molecular complexity index is 1350. The molecule has 6 rings (SSSR count). The lowest BCUT2D eigenvalue weighted by atomic mass is 9.79. The molecule has 196 valence electrons. The van der Waals surface area contributed by atoms with E-state index >= 15 is 0 Å². The maximum absolute atomic E-state index is 14.2. The summed E-state index contributed by atoms with van der Waals surface area (Å²) >= 11 is 0. The topological polar surface area (TPSA) is 72.7 Å². The van der Waals surface area contributed by atoms with E-state index in [2.05, 4.69) is 12.1 Å². The Kier molecular flexibility index (Phi) is 6.41. The van der Waals surface area contributed by atoms with Crippen LogP contribution in [-0.4, -0.2) is 68.7 Å². The number of amides is 2. The zero-order chi connectivity index (χ0) is 26.2. The van der Waals surface area contributed by atoms with Crippen LogP contribution in [0.2, 0.25) is 0 Å². The second kappa shape index (κ2) is 10.0. The highest BCUT2D eigenvalue weighted by Gasteiger charge is 2.44. The van der Waals surface area contributed by atoms with Gasteiger partial charge >= 0.3 is 0 Å². The van der Waals surface area contributed by atoms with E-state index in [1.54, 1.807) is 19.1 Å². The molecule has 0 saturated carbocycles. The number of quaternary nitrogens is 1. The van der Waals surface area contributed by atoms with Crippen molar-refractivity contribution in [3.63, 3.8) is 0 Å². The Hall–Kier alpha value is -4.04. The zero-order valence-corrected chi connectivity index (χ0v) is 21.7. The Balaban J connectivity index is 1.22. The summed E-state index contributed by atoms with van der Waals surface area (Å²) in [7, 11) is 3.42. The van der Waals surface area contributed by atoms with E-state index in [4.69, 9.17) is 14.2 Å². The minimum Gasteiger partial charge on any atom is -0.497 e. The van der Waals surface area contributed by atoms with Crippen molar-refractivity contribution in [1.82, 2.24) is 9.80 Å². The standard InChI is InChI=1S/C30H31N3O5/c1-31-28(21-8-10-22(36-2)11-9-21)27(23-5-3-4-6-24(23)29(31)34)30(35)33-15-13-32(14-16-33)18-20-7-12-25-26(17-20)38-19-37-25/h3-12,17,27-28H,13-16,18-19H2,1-2H3/p+1. The maximum atomic E-state index is 14.2. The third kappa shape index (κ3) is 4.35. The van der Waals surface area contributed by atoms with Crippen LogP contribution >= 0.6 is 0 Å². The molecular weight excluding hydrogens is 482 g/mol. The van der Waals surface area contributed by atoms with Gasteiger partial charge in [0.25, 0.3) is 5.91 Å². The molecule has 0 aromatic heterocycles. The molecule has 0 bridgehead atoms. The minimum atomic E-state index is -0.474. The molecule has 3 aliphatic rings. The number of hydrogen-bond acceptors (Lipinski definition) is 5. The van der Waals surface area contributed by atoms with Crippen LogP contribution in [0.3, 0.4) is 0 Å². The van der Waals surface area contributed by atoms with Gasteiger partial charge in [-0.2, -0.15) is 0 Å². The van der Waals surface area contributed by atoms with Gasteiger partial charge in [-0.15, -0.1) is 0 Å². The molecule has 8 heteroatoms. The highest BCUT2D eigenvalue weighted by atomic mass is 16.7. The third-order valence-corrected chi connectivity index (χ3v) is 7.98. The first-order valence-corrected chi connectivity index (χ1v) is 13.0. The summed E-state index contributed by atoms with van der Waals surface area (Å²) in [5, 5.41) is 0. The van der Waals surface area contributed by atoms with Gasteiger partial charge < -0.3 is 28.9 Å². The molecule has 1 fully saturated rings. The Morgan fingerprint density at radius 2 is 1.74 bits per heavy atom. The molecule has 0 aliphatic carbocycles. The largest absolute Gasteiger partial charge is 0.497 e. The fraction of sp³-hybridized carbons (Fsp3) is 0.333. The van der Waals surface area contributed by atoms with Gasteiger partial charge in [-0.3, -0.25) is 9.59 Å². The molecule has 2 unspecified atom stereocenters. The van der Waals surface area contributed by atoms with Crippen molar-refractivity contribution < 1.29 is 28.7 Å². The van der Waals surface area contributed by atoms with Crippen molar-refractivity contribution in [2.75, 3.05) is 47.1 Å². The number of nitrogens with zero attached hydrogens (tertiary/aromatic N) is 2. The highest BCUT2D eigenvalue weighted by Crippen LogP contribution is 2.43. The lowest BCUT2D eigenvalue weighted by Crippen LogP contribution is -3.13. The van der Waals surface area contributed by atoms with E-state index in [-0.39, 0.29) is 18.6 Å². The van der Waals surface area contributed by atoms with E-state index in [1.807, 2.05) is 59.5 Å². The number of piperazine rings is 1. The van der Waals surface area contributed by atoms with Gasteiger partial charge in [0.1, 0.15) is 12.3 Å². The number of fused-ring (bicyclic) bond motifs is 2. The van der Waals surface area contributed by atoms with Gasteiger partial charge in [-0.05, 0) is 47.5 Å². The predicted molar refractivity (Wildman–Crippen MR) is 141 cm³/mol. The highest BCUT2D eigenvalue weighted by molar-refractivity contribution is 6.01. The van der Waals surface area contributed by atoms with E-state index < -0.39 is 12.0 Å². The lowest BCUT2D eigenvalue weighted by molar-refractivity contribution is -0.917. The fourth-order valence-electron chi connectivity index (χ4n) is 5.91. The van der Waals surface area contributed by atoms with E-state index in [9.17, 15) is 9.59 Å². The lowest BCUT2D eigenvalue weighted by Gasteiger charge is -2.42. The molecule has 2 atom stereocenters. The smallest absolute Gasteiger partial charge is 0.254 e. The summed E-state index contributed by atoms with van der Waals surface area (Å²) in [6, 6.07) is 20.9. The molecule has 2 amide bonds. The number of carbonyl (C=O) groups excluding carboxylic acids is 2. The van der Waals surface area contributed by atoms with Gasteiger partial charge in [0.15, 0.2) is 11.5 Å². The number of rotatable bonds is 5. The van der Waals surface area contributed by atoms with Crippen LogP contribution in [0.25, 0.3) is 0 Å². The zero-order valence-electron chi connectivity index (χ0n) is 21.7. The Morgan fingerprint density at radius 1 is 1.00 bits per heavy atom. The number of benzene rings is 3. The average Bonchev–Trinajstić information content (AvgIpc) is 3.43. The van der Waals surface area contributed by atoms with E-state index in [1.165, 1.54) is 10.5 Å². The molecule has 3 aromatic carbocycles. The van der Waals surface area contributed by atoms with Crippen LogP contribution in [0, 0.1) is 0 Å². The molecule has 0 spiro atoms. The van der Waals surface area contributed by atoms with Crippen LogP contribution < -0.4 is 19.1 Å². The number of likely N-dealkylation sites (N-methyl/N-ethyl adjacent to an activating group) is 1. The van der Waals surface area contributed by atoms with Crippen LogP contribution in [0.4, 0.5) is 0 Å². The van der Waals surface area contributed by atoms with Crippen molar-refractivity contribution >= 4 is 11.8 Å². The first-order valence-electron chi connectivity index (χ1n) is 13.0. The van der Waals surface area contributed by atoms with Crippen molar-refractivity contribution in [3.8, 4) is 17.2 Å². The molecule has 3 heterocycles. The quantitative estimate of drug-likeness (QED) is 0.566. The van der Waals surface area contributed by atoms with Crippen LogP contribution in [0.5, 0.6) is 17.2 Å². The summed E-state index contributed by atoms with van der Waals surface area (Å²) in [4.78, 5) is 32.6. The maximum Gasteiger partial charge on any atom is 0.254 e. The van der Waals surface area contributed by atoms with Gasteiger partial charge in [-0.1, -0.05) is 30.3 Å². The molecule has 1 N–H and O–H groups in total. The minimum absolute atomic E-state index is 0.0662. The van der Waals surface area contributed by atoms with Crippen LogP contribution in [0.15, 0.2) is 66.7 Å². The summed E-state index contributed by atoms with van der Waals surface area (Å²) < 4.78 is 16.3. The Labute approximate surface area is 222 Å². The fourth-order valence-corrected chi connectivity index (χ4v) is 5.91. The van der Waals surface area contributed by atoms with Gasteiger partial charge in [0.2, 0.25) is 12.7 Å². The molecule has 3 aromatic rings. The molecule has 1 saturated heterocycles. The average molecular weight is 515 g/mol. The van der Waals surface area contributed by atoms with E-state index in [0.29, 0.717) is 18.7 Å². The summed E-state index contributed by atoms with van der Waals surface area (Å²) in [6.07, 6.45) is 0. The first kappa shape index (κ1) is 24.3. The number of ether oxygens (including phenoxy) is 3. The molecular formula is C30H32N3O5+. The van der Waals surface area contributed by atoms with Gasteiger partial charge in [0, 0.05) is 18.2 Å². The monoisotopic (exact) mass is 514 g/mol. The van der Waals surface area contributed by atoms with Crippen LogP contribution in [0.1, 0.15) is 39.0 Å². The van der Waals surface area contributed by atoms with E-state index in [0.717, 1.165) is 48.0 Å². The molecule has 3 aliphatic heterocycles. The second-order valence-corrected chi connectivity index (χ2v) is 10.1. The van der Waals surface area contributed by atoms with Gasteiger partial charge in [0.05, 0.1) is 45.2 Å². The SMILES string of the molecule is COc1ccc(C2C(C(=O)N3CC[NH+](Cc4ccc5c(c4)OCO5)CC3)c3ccccc3C(=O)N2C)cc1. The van der Waals surface area contributed by atoms with Crippen molar-refractivity contribution in [1.29, 1.82) is 0 Å². The summed E-state index contributed by atoms with van der Waals surface area (Å²) in [5.41, 5.74) is 3.52. The first-order chi connectivity index (χ1) is 18.5. The molecule has 38 heavy (non-hydrogen) atoms. The summed E-state index contributed by atoms with van der Waals surface area (Å²) in [5.74, 6) is 1.86. The normalized spacial score (nSPS) is 20.8. The van der Waals surface area contributed by atoms with Crippen molar-refractivity contribution in [2.24, 2.45) is 0 Å². The molecule has 0 radical (unpaired) electrons. The number of nitrogens with one attached hydrogen (secondary N) is 1. The predicted octanol–water partition coefficient (Wildman–Crippen LogP) is 2.26. The van der Waals surface area contributed by atoms with Crippen molar-refractivity contribution in [2.45, 2.75) is 18.5 Å². The van der Waals surface area contributed by atoms with Gasteiger partial charge in [-0.25, -0.2) is 0 Å². The second-order valence-electron chi connectivity index (χ2n) is 10.1. The van der Waals surface area contributed by atoms with Crippen LogP contribution in [-0.2, 0) is 11.3 Å². The molecule has 8 nitrogen and oxygen atoms in total. The number of hydrogen-bond donors (Lipinski definition) is 1. The number of methoxy groups -OCH3 is 1. The summed E-state index contributed by atoms with van der Waals surface area (Å²) in [6.45, 7) is 4.20. The Morgan fingerprint density at radius 3 is 2.50 bits per heavy atom. The van der Waals surface area contributed by atoms with Crippen molar-refractivity contribution in [3.05, 3.63) is 89.0 Å².